The first-order chi connectivity index (χ1) is 18.6. The molecule has 1 aliphatic heterocycles. The molecule has 0 radical (unpaired) electrons. The van der Waals surface area contributed by atoms with Crippen molar-refractivity contribution in [2.75, 3.05) is 5.32 Å². The van der Waals surface area contributed by atoms with Gasteiger partial charge in [-0.3, -0.25) is 19.4 Å². The molecule has 1 aromatic heterocycles. The maximum Gasteiger partial charge on any atom is 0.389 e. The maximum atomic E-state index is 13.6. The maximum absolute atomic E-state index is 13.6. The molecule has 4 rings (SSSR count). The fraction of sp³-hybridized carbons (Fsp3) is 0.250. The van der Waals surface area contributed by atoms with E-state index in [0.29, 0.717) is 22.5 Å². The van der Waals surface area contributed by atoms with Crippen molar-refractivity contribution in [3.05, 3.63) is 95.8 Å². The van der Waals surface area contributed by atoms with Crippen LogP contribution in [0.1, 0.15) is 41.9 Å². The third kappa shape index (κ3) is 6.86. The fourth-order valence-corrected chi connectivity index (χ4v) is 4.55. The number of hydrogen-bond acceptors (Lipinski definition) is 5. The number of hydrogen-bond donors (Lipinski definition) is 3. The zero-order valence-electron chi connectivity index (χ0n) is 20.7. The average Bonchev–Trinajstić information content (AvgIpc) is 3.04. The number of aromatic nitrogens is 1. The van der Waals surface area contributed by atoms with E-state index in [1.807, 2.05) is 6.07 Å². The Hall–Kier alpha value is -4.54. The lowest BCUT2D eigenvalue weighted by Crippen LogP contribution is -2.47. The number of para-hydroxylation sites is 1. The van der Waals surface area contributed by atoms with E-state index in [9.17, 15) is 27.6 Å². The number of carbonyl (C=O) groups excluding carboxylic acids is 3. The summed E-state index contributed by atoms with van der Waals surface area (Å²) in [5.74, 6) is -4.94. The van der Waals surface area contributed by atoms with E-state index in [0.717, 1.165) is 0 Å². The highest BCUT2D eigenvalue weighted by Gasteiger charge is 2.37. The number of rotatable bonds is 9. The molecular weight excluding hydrogens is 511 g/mol. The van der Waals surface area contributed by atoms with Gasteiger partial charge in [0.1, 0.15) is 0 Å². The molecule has 4 N–H and O–H groups in total. The summed E-state index contributed by atoms with van der Waals surface area (Å²) in [7, 11) is 0. The molecule has 0 saturated carbocycles. The predicted octanol–water partition coefficient (Wildman–Crippen LogP) is 3.93. The van der Waals surface area contributed by atoms with Gasteiger partial charge in [0.25, 0.3) is 5.91 Å². The minimum absolute atomic E-state index is 0.281. The predicted molar refractivity (Wildman–Crippen MR) is 139 cm³/mol. The second-order valence-electron chi connectivity index (χ2n) is 9.07. The first kappa shape index (κ1) is 27.5. The number of nitrogens with zero attached hydrogens (tertiary/aromatic N) is 2. The Bertz CT molecular complexity index is 1360. The summed E-state index contributed by atoms with van der Waals surface area (Å²) in [6.45, 7) is 0. The van der Waals surface area contributed by atoms with Gasteiger partial charge in [-0.25, -0.2) is 4.99 Å². The minimum Gasteiger partial charge on any atom is -0.369 e. The average molecular weight is 538 g/mol. The van der Waals surface area contributed by atoms with Crippen LogP contribution in [0, 0.1) is 5.92 Å². The lowest BCUT2D eigenvalue weighted by Gasteiger charge is -2.26. The number of benzodiazepines with no additional fused rings is 1. The molecule has 0 fully saturated rings. The molecular formula is C28H26F3N5O3. The number of fused-ring (bicyclic) bond motifs is 1. The van der Waals surface area contributed by atoms with Gasteiger partial charge in [-0.1, -0.05) is 54.6 Å². The molecule has 0 bridgehead atoms. The first-order valence-corrected chi connectivity index (χ1v) is 12.2. The molecule has 3 amide bonds. The second-order valence-corrected chi connectivity index (χ2v) is 9.07. The summed E-state index contributed by atoms with van der Waals surface area (Å²) in [4.78, 5) is 47.7. The van der Waals surface area contributed by atoms with Gasteiger partial charge in [0.05, 0.1) is 23.2 Å². The van der Waals surface area contributed by atoms with Crippen molar-refractivity contribution in [2.45, 2.75) is 37.5 Å². The Morgan fingerprint density at radius 3 is 2.41 bits per heavy atom. The van der Waals surface area contributed by atoms with Crippen LogP contribution in [0.5, 0.6) is 0 Å². The molecule has 3 unspecified atom stereocenters. The smallest absolute Gasteiger partial charge is 0.369 e. The Balaban J connectivity index is 1.69. The highest BCUT2D eigenvalue weighted by atomic mass is 19.4. The van der Waals surface area contributed by atoms with Crippen LogP contribution >= 0.6 is 0 Å². The van der Waals surface area contributed by atoms with Gasteiger partial charge in [0.15, 0.2) is 0 Å². The van der Waals surface area contributed by atoms with Crippen LogP contribution in [0.15, 0.2) is 84.1 Å². The van der Waals surface area contributed by atoms with Crippen molar-refractivity contribution in [1.82, 2.24) is 10.3 Å². The number of nitrogens with one attached hydrogen (secondary N) is 2. The standard InChI is InChI=1S/C28H26F3N5O3/c29-28(30,31)14-6-12-20(22(24(32)37)18-10-7-15-33-16-18)26(38)36-25-27(39)34-21-13-5-4-11-19(21)23(35-25)17-8-2-1-3-9-17/h1-5,7-11,13,15-16,20,22,25H,6,12,14H2,(H2,32,37)(H,34,39)(H,36,38). The van der Waals surface area contributed by atoms with Crippen LogP contribution in [0.2, 0.25) is 0 Å². The van der Waals surface area contributed by atoms with Crippen molar-refractivity contribution in [3.8, 4) is 0 Å². The van der Waals surface area contributed by atoms with Gasteiger partial charge < -0.3 is 16.4 Å². The summed E-state index contributed by atoms with van der Waals surface area (Å²) in [6.07, 6.45) is -4.96. The van der Waals surface area contributed by atoms with Crippen molar-refractivity contribution in [3.63, 3.8) is 0 Å². The topological polar surface area (TPSA) is 127 Å². The van der Waals surface area contributed by atoms with Crippen molar-refractivity contribution in [2.24, 2.45) is 16.6 Å². The number of carbonyl (C=O) groups is 3. The van der Waals surface area contributed by atoms with Crippen molar-refractivity contribution >= 4 is 29.1 Å². The number of alkyl halides is 3. The van der Waals surface area contributed by atoms with E-state index < -0.39 is 54.7 Å². The van der Waals surface area contributed by atoms with Gasteiger partial charge in [-0.15, -0.1) is 0 Å². The summed E-state index contributed by atoms with van der Waals surface area (Å²) in [5, 5.41) is 5.29. The van der Waals surface area contributed by atoms with Gasteiger partial charge in [0, 0.05) is 29.9 Å². The normalized spacial score (nSPS) is 16.6. The monoisotopic (exact) mass is 537 g/mol. The Kier molecular flexibility index (Phi) is 8.38. The van der Waals surface area contributed by atoms with Crippen molar-refractivity contribution < 1.29 is 27.6 Å². The Labute approximate surface area is 222 Å². The third-order valence-electron chi connectivity index (χ3n) is 6.34. The number of pyridine rings is 1. The lowest BCUT2D eigenvalue weighted by atomic mass is 9.82. The summed E-state index contributed by atoms with van der Waals surface area (Å²) >= 11 is 0. The molecule has 2 heterocycles. The molecule has 11 heteroatoms. The van der Waals surface area contributed by atoms with Gasteiger partial charge in [-0.2, -0.15) is 13.2 Å². The molecule has 1 aliphatic rings. The van der Waals surface area contributed by atoms with Crippen LogP contribution in [0.3, 0.4) is 0 Å². The Morgan fingerprint density at radius 2 is 1.74 bits per heavy atom. The van der Waals surface area contributed by atoms with E-state index >= 15 is 0 Å². The number of benzene rings is 2. The molecule has 3 aromatic rings. The molecule has 3 atom stereocenters. The molecule has 0 spiro atoms. The van der Waals surface area contributed by atoms with Gasteiger partial charge >= 0.3 is 6.18 Å². The van der Waals surface area contributed by atoms with E-state index in [-0.39, 0.29) is 12.0 Å². The number of nitrogens with two attached hydrogens (primary N) is 1. The summed E-state index contributed by atoms with van der Waals surface area (Å²) in [6, 6.07) is 19.1. The summed E-state index contributed by atoms with van der Waals surface area (Å²) in [5.41, 5.74) is 8.14. The van der Waals surface area contributed by atoms with Crippen LogP contribution < -0.4 is 16.4 Å². The highest BCUT2D eigenvalue weighted by molar-refractivity contribution is 6.19. The number of aliphatic imine (C=N–C) groups is 1. The van der Waals surface area contributed by atoms with Crippen LogP contribution in [-0.2, 0) is 14.4 Å². The quantitative estimate of drug-likeness (QED) is 0.382. The molecule has 202 valence electrons. The second kappa shape index (κ2) is 11.9. The van der Waals surface area contributed by atoms with Crippen LogP contribution in [-0.4, -0.2) is 40.8 Å². The largest absolute Gasteiger partial charge is 0.389 e. The zero-order chi connectivity index (χ0) is 28.0. The Morgan fingerprint density at radius 1 is 1.03 bits per heavy atom. The third-order valence-corrected chi connectivity index (χ3v) is 6.34. The van der Waals surface area contributed by atoms with Crippen molar-refractivity contribution in [1.29, 1.82) is 0 Å². The SMILES string of the molecule is NC(=O)C(c1cccnc1)C(CCCC(F)(F)F)C(=O)NC1N=C(c2ccccc2)c2ccccc2NC1=O. The molecule has 0 saturated heterocycles. The van der Waals surface area contributed by atoms with Crippen LogP contribution in [0.4, 0.5) is 18.9 Å². The number of amides is 3. The van der Waals surface area contributed by atoms with E-state index in [1.165, 1.54) is 24.5 Å². The number of anilines is 1. The molecule has 0 aliphatic carbocycles. The lowest BCUT2D eigenvalue weighted by molar-refractivity contribution is -0.139. The zero-order valence-corrected chi connectivity index (χ0v) is 20.7. The molecule has 2 aromatic carbocycles. The van der Waals surface area contributed by atoms with E-state index in [2.05, 4.69) is 20.6 Å². The summed E-state index contributed by atoms with van der Waals surface area (Å²) < 4.78 is 38.8. The van der Waals surface area contributed by atoms with Gasteiger partial charge in [0.2, 0.25) is 18.0 Å². The van der Waals surface area contributed by atoms with E-state index in [1.54, 1.807) is 48.5 Å². The minimum atomic E-state index is -4.45. The number of primary amides is 1. The van der Waals surface area contributed by atoms with Crippen LogP contribution in [0.25, 0.3) is 0 Å². The number of halogens is 3. The fourth-order valence-electron chi connectivity index (χ4n) is 4.55. The molecule has 39 heavy (non-hydrogen) atoms. The van der Waals surface area contributed by atoms with Gasteiger partial charge in [-0.05, 0) is 30.5 Å². The first-order valence-electron chi connectivity index (χ1n) is 12.2. The highest BCUT2D eigenvalue weighted by Crippen LogP contribution is 2.32. The van der Waals surface area contributed by atoms with E-state index in [4.69, 9.17) is 5.73 Å². The molecule has 8 nitrogen and oxygen atoms in total.